The van der Waals surface area contributed by atoms with E-state index in [1.807, 2.05) is 6.08 Å². The highest BCUT2D eigenvalue weighted by Crippen LogP contribution is 2.40. The molecule has 1 amide bonds. The van der Waals surface area contributed by atoms with Gasteiger partial charge in [0.05, 0.1) is 13.2 Å². The smallest absolute Gasteiger partial charge is 0.408 e. The molecular weight excluding hydrogens is 398 g/mol. The van der Waals surface area contributed by atoms with E-state index in [-0.39, 0.29) is 17.1 Å². The molecule has 0 bridgehead atoms. The molecule has 162 valence electrons. The highest BCUT2D eigenvalue weighted by molar-refractivity contribution is 6.74. The normalized spacial score (nSPS) is 22.1. The maximum Gasteiger partial charge on any atom is 0.408 e. The predicted molar refractivity (Wildman–Crippen MR) is 114 cm³/mol. The largest absolute Gasteiger partial charge is 0.467 e. The van der Waals surface area contributed by atoms with E-state index in [2.05, 4.69) is 39.2 Å². The predicted octanol–water partition coefficient (Wildman–Crippen LogP) is 4.98. The summed E-state index contributed by atoms with van der Waals surface area (Å²) >= 11 is 6.53. The van der Waals surface area contributed by atoms with Crippen molar-refractivity contribution in [2.24, 2.45) is 5.92 Å². The minimum absolute atomic E-state index is 0.0931. The van der Waals surface area contributed by atoms with Crippen molar-refractivity contribution in [1.29, 1.82) is 0 Å². The Labute approximate surface area is 175 Å². The van der Waals surface area contributed by atoms with Crippen LogP contribution >= 0.6 is 11.6 Å². The summed E-state index contributed by atoms with van der Waals surface area (Å²) in [5.41, 5.74) is -0.668. The van der Waals surface area contributed by atoms with Crippen LogP contribution in [0.5, 0.6) is 0 Å². The Balaban J connectivity index is 2.94. The van der Waals surface area contributed by atoms with Gasteiger partial charge in [0.1, 0.15) is 11.6 Å². The van der Waals surface area contributed by atoms with Gasteiger partial charge in [-0.05, 0) is 57.8 Å². The highest BCUT2D eigenvalue weighted by Gasteiger charge is 2.41. The third-order valence-corrected chi connectivity index (χ3v) is 10.2. The zero-order chi connectivity index (χ0) is 21.9. The molecule has 0 saturated heterocycles. The molecular formula is C20H36ClNO5Si. The Bertz CT molecular complexity index is 607. The average molecular weight is 434 g/mol. The number of amides is 1. The fourth-order valence-electron chi connectivity index (χ4n) is 2.73. The molecule has 0 radical (unpaired) electrons. The van der Waals surface area contributed by atoms with Gasteiger partial charge in [0.15, 0.2) is 8.32 Å². The van der Waals surface area contributed by atoms with Crippen molar-refractivity contribution in [1.82, 2.24) is 5.32 Å². The maximum absolute atomic E-state index is 12.3. The first-order valence-electron chi connectivity index (χ1n) is 9.70. The minimum Gasteiger partial charge on any atom is -0.467 e. The van der Waals surface area contributed by atoms with Gasteiger partial charge in [-0.15, -0.1) is 0 Å². The van der Waals surface area contributed by atoms with Crippen LogP contribution in [0.1, 0.15) is 54.4 Å². The first kappa shape index (κ1) is 25.0. The molecule has 28 heavy (non-hydrogen) atoms. The summed E-state index contributed by atoms with van der Waals surface area (Å²) in [7, 11) is -0.650. The van der Waals surface area contributed by atoms with Crippen LogP contribution < -0.4 is 5.32 Å². The van der Waals surface area contributed by atoms with E-state index in [9.17, 15) is 9.59 Å². The lowest BCUT2D eigenvalue weighted by molar-refractivity contribution is -0.144. The minimum atomic E-state index is -1.94. The molecule has 8 heteroatoms. The Morgan fingerprint density at radius 2 is 1.75 bits per heavy atom. The van der Waals surface area contributed by atoms with E-state index >= 15 is 0 Å². The Morgan fingerprint density at radius 1 is 1.18 bits per heavy atom. The van der Waals surface area contributed by atoms with Crippen LogP contribution in [-0.4, -0.2) is 45.2 Å². The van der Waals surface area contributed by atoms with Crippen LogP contribution in [0.15, 0.2) is 11.1 Å². The third kappa shape index (κ3) is 7.08. The number of hydrogen-bond acceptors (Lipinski definition) is 5. The first-order valence-corrected chi connectivity index (χ1v) is 13.0. The molecule has 3 atom stereocenters. The second-order valence-electron chi connectivity index (χ2n) is 9.80. The van der Waals surface area contributed by atoms with Crippen molar-refractivity contribution >= 4 is 32.0 Å². The summed E-state index contributed by atoms with van der Waals surface area (Å²) < 4.78 is 16.6. The van der Waals surface area contributed by atoms with Crippen molar-refractivity contribution < 1.29 is 23.5 Å². The quantitative estimate of drug-likeness (QED) is 0.489. The van der Waals surface area contributed by atoms with Crippen molar-refractivity contribution in [2.45, 2.75) is 90.3 Å². The van der Waals surface area contributed by atoms with Crippen LogP contribution in [-0.2, 0) is 18.7 Å². The molecule has 0 unspecified atom stereocenters. The molecule has 0 aliphatic heterocycles. The number of rotatable bonds is 5. The van der Waals surface area contributed by atoms with Crippen molar-refractivity contribution in [3.8, 4) is 0 Å². The zero-order valence-corrected chi connectivity index (χ0v) is 20.4. The summed E-state index contributed by atoms with van der Waals surface area (Å²) in [6.07, 6.45) is 2.42. The Hall–Kier alpha value is -1.05. The van der Waals surface area contributed by atoms with Gasteiger partial charge < -0.3 is 19.2 Å². The van der Waals surface area contributed by atoms with Gasteiger partial charge in [-0.3, -0.25) is 0 Å². The third-order valence-electron chi connectivity index (χ3n) is 5.24. The van der Waals surface area contributed by atoms with E-state index < -0.39 is 32.0 Å². The molecule has 0 fully saturated rings. The van der Waals surface area contributed by atoms with E-state index in [1.165, 1.54) is 7.11 Å². The van der Waals surface area contributed by atoms with Crippen molar-refractivity contribution in [2.75, 3.05) is 7.11 Å². The molecule has 1 aliphatic rings. The lowest BCUT2D eigenvalue weighted by Crippen LogP contribution is -2.50. The second kappa shape index (κ2) is 9.18. The zero-order valence-electron chi connectivity index (χ0n) is 18.6. The topological polar surface area (TPSA) is 73.9 Å². The van der Waals surface area contributed by atoms with Gasteiger partial charge in [0, 0.05) is 11.0 Å². The first-order chi connectivity index (χ1) is 12.6. The maximum atomic E-state index is 12.3. The van der Waals surface area contributed by atoms with Crippen LogP contribution in [0.3, 0.4) is 0 Å². The lowest BCUT2D eigenvalue weighted by atomic mass is 9.88. The number of halogens is 1. The number of carbonyl (C=O) groups excluding carboxylic acids is 2. The number of methoxy groups -OCH3 is 1. The van der Waals surface area contributed by atoms with E-state index in [1.54, 1.807) is 20.8 Å². The molecule has 0 heterocycles. The standard InChI is InChI=1S/C20H36ClNO5Si/c1-19(2,3)26-18(24)22-16(17(23)25-7)14-11-10-13(12-15(14)21)27-28(8,9)20(4,5)6/h12-14,16H,10-11H2,1-9H3,(H,22,24)/t13-,14+,16+/m0/s1. The van der Waals surface area contributed by atoms with E-state index in [4.69, 9.17) is 25.5 Å². The number of nitrogens with one attached hydrogen (secondary N) is 1. The van der Waals surface area contributed by atoms with Gasteiger partial charge >= 0.3 is 12.1 Å². The summed E-state index contributed by atoms with van der Waals surface area (Å²) in [4.78, 5) is 24.5. The van der Waals surface area contributed by atoms with Crippen LogP contribution in [0.2, 0.25) is 18.1 Å². The van der Waals surface area contributed by atoms with Gasteiger partial charge in [0.25, 0.3) is 0 Å². The van der Waals surface area contributed by atoms with Crippen LogP contribution in [0, 0.1) is 5.92 Å². The highest BCUT2D eigenvalue weighted by atomic mass is 35.5. The summed E-state index contributed by atoms with van der Waals surface area (Å²) in [5.74, 6) is -0.924. The number of carbonyl (C=O) groups is 2. The Kier molecular flexibility index (Phi) is 8.19. The van der Waals surface area contributed by atoms with Crippen molar-refractivity contribution in [3.63, 3.8) is 0 Å². The fraction of sp³-hybridized carbons (Fsp3) is 0.800. The molecule has 1 N–H and O–H groups in total. The number of esters is 1. The molecule has 0 saturated carbocycles. The van der Waals surface area contributed by atoms with E-state index in [0.29, 0.717) is 11.5 Å². The van der Waals surface area contributed by atoms with Gasteiger partial charge in [-0.25, -0.2) is 9.59 Å². The average Bonchev–Trinajstić information content (AvgIpc) is 2.49. The van der Waals surface area contributed by atoms with Gasteiger partial charge in [-0.2, -0.15) is 0 Å². The number of alkyl carbamates (subject to hydrolysis) is 1. The fourth-order valence-corrected chi connectivity index (χ4v) is 4.40. The molecule has 0 aromatic carbocycles. The second-order valence-corrected chi connectivity index (χ2v) is 15.0. The van der Waals surface area contributed by atoms with Gasteiger partial charge in [-0.1, -0.05) is 32.4 Å². The van der Waals surface area contributed by atoms with Crippen LogP contribution in [0.4, 0.5) is 4.79 Å². The molecule has 1 rings (SSSR count). The molecule has 0 aromatic heterocycles. The molecule has 1 aliphatic carbocycles. The number of hydrogen-bond donors (Lipinski definition) is 1. The van der Waals surface area contributed by atoms with E-state index in [0.717, 1.165) is 6.42 Å². The molecule has 0 spiro atoms. The Morgan fingerprint density at radius 3 is 2.18 bits per heavy atom. The monoisotopic (exact) mass is 433 g/mol. The van der Waals surface area contributed by atoms with Gasteiger partial charge in [0.2, 0.25) is 0 Å². The van der Waals surface area contributed by atoms with Crippen molar-refractivity contribution in [3.05, 3.63) is 11.1 Å². The SMILES string of the molecule is COC(=O)[C@H](NC(=O)OC(C)(C)C)[C@@H]1CC[C@H](O[Si](C)(C)C(C)(C)C)C=C1Cl. The number of ether oxygens (including phenoxy) is 2. The lowest BCUT2D eigenvalue weighted by Gasteiger charge is -2.40. The van der Waals surface area contributed by atoms with Crippen LogP contribution in [0.25, 0.3) is 0 Å². The molecule has 6 nitrogen and oxygen atoms in total. The summed E-state index contributed by atoms with van der Waals surface area (Å²) in [6.45, 7) is 16.2. The molecule has 0 aromatic rings. The summed E-state index contributed by atoms with van der Waals surface area (Å²) in [6, 6.07) is -0.905. The summed E-state index contributed by atoms with van der Waals surface area (Å²) in [5, 5.41) is 3.21.